The second kappa shape index (κ2) is 6.84. The molecule has 2 aromatic heterocycles. The molecule has 8 heteroatoms. The zero-order valence-corrected chi connectivity index (χ0v) is 14.6. The number of anilines is 1. The zero-order chi connectivity index (χ0) is 17.2. The van der Waals surface area contributed by atoms with E-state index in [9.17, 15) is 8.42 Å². The van der Waals surface area contributed by atoms with Gasteiger partial charge in [-0.05, 0) is 36.4 Å². The fourth-order valence-electron chi connectivity index (χ4n) is 2.17. The molecule has 0 spiro atoms. The number of rotatable bonds is 5. The minimum Gasteiger partial charge on any atom is -0.467 e. The lowest BCUT2D eigenvalue weighted by Gasteiger charge is -2.23. The van der Waals surface area contributed by atoms with Crippen LogP contribution in [0.3, 0.4) is 0 Å². The Hall–Kier alpha value is -2.02. The van der Waals surface area contributed by atoms with Crippen molar-refractivity contribution in [3.63, 3.8) is 0 Å². The van der Waals surface area contributed by atoms with Gasteiger partial charge < -0.3 is 4.42 Å². The fourth-order valence-corrected chi connectivity index (χ4v) is 4.66. The molecular weight excluding hydrogens is 371 g/mol. The molecule has 1 aromatic carbocycles. The Morgan fingerprint density at radius 1 is 1.00 bits per heavy atom. The molecule has 0 fully saturated rings. The minimum atomic E-state index is -4.04. The van der Waals surface area contributed by atoms with Gasteiger partial charge in [0.15, 0.2) is 0 Å². The van der Waals surface area contributed by atoms with Gasteiger partial charge in [0.05, 0.1) is 22.9 Å². The molecule has 0 atom stereocenters. The summed E-state index contributed by atoms with van der Waals surface area (Å²) in [5.74, 6) is 0.706. The molecule has 0 amide bonds. The highest BCUT2D eigenvalue weighted by atomic mass is 35.5. The number of pyridine rings is 1. The Bertz CT molecular complexity index is 909. The fraction of sp³-hybridized carbons (Fsp3) is 0.0625. The van der Waals surface area contributed by atoms with E-state index >= 15 is 0 Å². The maximum atomic E-state index is 13.2. The highest BCUT2D eigenvalue weighted by Crippen LogP contribution is 2.34. The first-order chi connectivity index (χ1) is 11.5. The van der Waals surface area contributed by atoms with Crippen molar-refractivity contribution in [2.24, 2.45) is 0 Å². The first kappa shape index (κ1) is 16.8. The zero-order valence-electron chi connectivity index (χ0n) is 12.3. The summed E-state index contributed by atoms with van der Waals surface area (Å²) in [6.45, 7) is -0.0338. The van der Waals surface area contributed by atoms with Crippen LogP contribution in [0.2, 0.25) is 10.0 Å². The quantitative estimate of drug-likeness (QED) is 0.656. The van der Waals surface area contributed by atoms with E-state index in [1.807, 2.05) is 0 Å². The minimum absolute atomic E-state index is 0.0338. The molecule has 0 saturated carbocycles. The molecule has 0 aliphatic heterocycles. The van der Waals surface area contributed by atoms with Gasteiger partial charge in [0.1, 0.15) is 16.5 Å². The average Bonchev–Trinajstić information content (AvgIpc) is 3.06. The van der Waals surface area contributed by atoms with Crippen LogP contribution in [-0.2, 0) is 16.6 Å². The summed E-state index contributed by atoms with van der Waals surface area (Å²) in [5, 5.41) is 0.0887. The smallest absolute Gasteiger partial charge is 0.268 e. The van der Waals surface area contributed by atoms with Crippen LogP contribution in [0.15, 0.2) is 70.3 Å². The SMILES string of the molecule is O=S(=O)(c1c(Cl)cccc1Cl)N(Cc1ccco1)c1ccccn1. The van der Waals surface area contributed by atoms with Crippen molar-refractivity contribution >= 4 is 39.0 Å². The normalized spacial score (nSPS) is 11.4. The molecule has 124 valence electrons. The summed E-state index contributed by atoms with van der Waals surface area (Å²) in [6, 6.07) is 12.9. The topological polar surface area (TPSA) is 63.4 Å². The molecule has 0 aliphatic carbocycles. The molecule has 5 nitrogen and oxygen atoms in total. The van der Waals surface area contributed by atoms with E-state index < -0.39 is 10.0 Å². The molecule has 0 saturated heterocycles. The van der Waals surface area contributed by atoms with Crippen LogP contribution in [0.4, 0.5) is 5.82 Å². The third-order valence-electron chi connectivity index (χ3n) is 3.25. The third-order valence-corrected chi connectivity index (χ3v) is 5.96. The predicted octanol–water partition coefficient (Wildman–Crippen LogP) is 4.38. The Kier molecular flexibility index (Phi) is 4.80. The second-order valence-corrected chi connectivity index (χ2v) is 7.44. The maximum absolute atomic E-state index is 13.2. The highest BCUT2D eigenvalue weighted by Gasteiger charge is 2.31. The Labute approximate surface area is 149 Å². The summed E-state index contributed by atoms with van der Waals surface area (Å²) < 4.78 is 32.7. The number of hydrogen-bond donors (Lipinski definition) is 0. The van der Waals surface area contributed by atoms with Crippen LogP contribution in [0, 0.1) is 0 Å². The molecule has 0 unspecified atom stereocenters. The Balaban J connectivity index is 2.14. The number of benzene rings is 1. The van der Waals surface area contributed by atoms with Gasteiger partial charge in [-0.2, -0.15) is 0 Å². The first-order valence-electron chi connectivity index (χ1n) is 6.90. The van der Waals surface area contributed by atoms with E-state index in [2.05, 4.69) is 4.98 Å². The predicted molar refractivity (Wildman–Crippen MR) is 92.8 cm³/mol. The molecule has 24 heavy (non-hydrogen) atoms. The highest BCUT2D eigenvalue weighted by molar-refractivity contribution is 7.93. The van der Waals surface area contributed by atoms with Gasteiger partial charge >= 0.3 is 0 Å². The van der Waals surface area contributed by atoms with Gasteiger partial charge in [-0.15, -0.1) is 0 Å². The second-order valence-electron chi connectivity index (χ2n) is 4.83. The van der Waals surface area contributed by atoms with Crippen molar-refractivity contribution in [3.05, 3.63) is 76.8 Å². The third kappa shape index (κ3) is 3.26. The van der Waals surface area contributed by atoms with E-state index in [-0.39, 0.29) is 27.3 Å². The molecular formula is C16H12Cl2N2O3S. The van der Waals surface area contributed by atoms with Gasteiger partial charge in [-0.3, -0.25) is 0 Å². The summed E-state index contributed by atoms with van der Waals surface area (Å²) in [5.41, 5.74) is 0. The van der Waals surface area contributed by atoms with Crippen molar-refractivity contribution in [2.45, 2.75) is 11.4 Å². The largest absolute Gasteiger partial charge is 0.467 e. The lowest BCUT2D eigenvalue weighted by Crippen LogP contribution is -2.31. The molecule has 0 bridgehead atoms. The van der Waals surface area contributed by atoms with E-state index in [4.69, 9.17) is 27.6 Å². The van der Waals surface area contributed by atoms with Crippen molar-refractivity contribution in [1.29, 1.82) is 0 Å². The lowest BCUT2D eigenvalue weighted by atomic mass is 10.4. The summed E-state index contributed by atoms with van der Waals surface area (Å²) >= 11 is 12.2. The van der Waals surface area contributed by atoms with E-state index in [0.29, 0.717) is 5.76 Å². The number of nitrogens with zero attached hydrogens (tertiary/aromatic N) is 2. The number of sulfonamides is 1. The molecule has 3 rings (SSSR count). The summed E-state index contributed by atoms with van der Waals surface area (Å²) in [4.78, 5) is 3.97. The molecule has 3 aromatic rings. The van der Waals surface area contributed by atoms with Crippen molar-refractivity contribution in [3.8, 4) is 0 Å². The average molecular weight is 383 g/mol. The van der Waals surface area contributed by atoms with Crippen molar-refractivity contribution in [1.82, 2.24) is 4.98 Å². The molecule has 0 aliphatic rings. The molecule has 0 radical (unpaired) electrons. The van der Waals surface area contributed by atoms with E-state index in [0.717, 1.165) is 4.31 Å². The van der Waals surface area contributed by atoms with Crippen LogP contribution >= 0.6 is 23.2 Å². The van der Waals surface area contributed by atoms with E-state index in [1.54, 1.807) is 36.4 Å². The maximum Gasteiger partial charge on any atom is 0.268 e. The number of hydrogen-bond acceptors (Lipinski definition) is 4. The monoisotopic (exact) mass is 382 g/mol. The van der Waals surface area contributed by atoms with Gasteiger partial charge in [0.25, 0.3) is 10.0 Å². The number of halogens is 2. The Morgan fingerprint density at radius 2 is 1.75 bits per heavy atom. The lowest BCUT2D eigenvalue weighted by molar-refractivity contribution is 0.508. The van der Waals surface area contributed by atoms with Crippen LogP contribution in [0.5, 0.6) is 0 Å². The van der Waals surface area contributed by atoms with Gasteiger partial charge in [0.2, 0.25) is 0 Å². The number of furan rings is 1. The van der Waals surface area contributed by atoms with Crippen molar-refractivity contribution < 1.29 is 12.8 Å². The van der Waals surface area contributed by atoms with Crippen molar-refractivity contribution in [2.75, 3.05) is 4.31 Å². The number of aromatic nitrogens is 1. The van der Waals surface area contributed by atoms with Crippen LogP contribution in [-0.4, -0.2) is 13.4 Å². The summed E-state index contributed by atoms with van der Waals surface area (Å²) in [6.07, 6.45) is 2.98. The van der Waals surface area contributed by atoms with Gasteiger partial charge in [-0.1, -0.05) is 35.3 Å². The van der Waals surface area contributed by atoms with Gasteiger partial charge in [0, 0.05) is 6.20 Å². The standard InChI is InChI=1S/C16H12Cl2N2O3S/c17-13-6-3-7-14(18)16(13)24(21,22)20(11-12-5-4-10-23-12)15-8-1-2-9-19-15/h1-10H,11H2. The summed E-state index contributed by atoms with van der Waals surface area (Å²) in [7, 11) is -4.04. The van der Waals surface area contributed by atoms with Crippen LogP contribution < -0.4 is 4.31 Å². The van der Waals surface area contributed by atoms with Gasteiger partial charge in [-0.25, -0.2) is 17.7 Å². The Morgan fingerprint density at radius 3 is 2.33 bits per heavy atom. The van der Waals surface area contributed by atoms with E-state index in [1.165, 1.54) is 24.6 Å². The van der Waals surface area contributed by atoms with Crippen LogP contribution in [0.1, 0.15) is 5.76 Å². The molecule has 2 heterocycles. The van der Waals surface area contributed by atoms with Crippen LogP contribution in [0.25, 0.3) is 0 Å². The first-order valence-corrected chi connectivity index (χ1v) is 9.10. The molecule has 0 N–H and O–H groups in total.